The zero-order valence-electron chi connectivity index (χ0n) is 12.5. The second kappa shape index (κ2) is 8.13. The molecule has 0 aromatic carbocycles. The second-order valence-corrected chi connectivity index (χ2v) is 6.23. The van der Waals surface area contributed by atoms with Crippen LogP contribution in [0.15, 0.2) is 0 Å². The molecule has 18 heavy (non-hydrogen) atoms. The van der Waals surface area contributed by atoms with Gasteiger partial charge in [0.2, 0.25) is 0 Å². The van der Waals surface area contributed by atoms with Crippen LogP contribution in [0.2, 0.25) is 0 Å². The largest absolute Gasteiger partial charge is 0.389 e. The molecular weight excluding hydrogens is 226 g/mol. The number of nitrogens with zero attached hydrogens (tertiary/aromatic N) is 1. The lowest BCUT2D eigenvalue weighted by molar-refractivity contribution is 0.0366. The summed E-state index contributed by atoms with van der Waals surface area (Å²) in [5.74, 6) is 0.892. The van der Waals surface area contributed by atoms with E-state index in [1.807, 2.05) is 13.8 Å². The number of likely N-dealkylation sites (N-methyl/N-ethyl adjacent to an activating group) is 1. The first-order valence-corrected chi connectivity index (χ1v) is 7.54. The van der Waals surface area contributed by atoms with Gasteiger partial charge < -0.3 is 14.7 Å². The van der Waals surface area contributed by atoms with Crippen LogP contribution in [0, 0.1) is 5.92 Å². The summed E-state index contributed by atoms with van der Waals surface area (Å²) < 4.78 is 5.38. The molecule has 3 nitrogen and oxygen atoms in total. The minimum atomic E-state index is -0.573. The van der Waals surface area contributed by atoms with Crippen LogP contribution < -0.4 is 0 Å². The van der Waals surface area contributed by atoms with E-state index in [0.717, 1.165) is 38.8 Å². The first kappa shape index (κ1) is 15.9. The summed E-state index contributed by atoms with van der Waals surface area (Å²) in [6, 6.07) is 0. The van der Waals surface area contributed by atoms with Crippen molar-refractivity contribution in [2.45, 2.75) is 58.5 Å². The number of aliphatic hydroxyl groups is 1. The zero-order valence-corrected chi connectivity index (χ0v) is 12.5. The van der Waals surface area contributed by atoms with Gasteiger partial charge in [0.15, 0.2) is 0 Å². The Labute approximate surface area is 113 Å². The molecule has 1 N–H and O–H groups in total. The minimum Gasteiger partial charge on any atom is -0.389 e. The molecule has 1 fully saturated rings. The number of ether oxygens (including phenoxy) is 1. The summed E-state index contributed by atoms with van der Waals surface area (Å²) >= 11 is 0. The molecule has 1 saturated heterocycles. The Bertz CT molecular complexity index is 207. The molecular formula is C15H31NO2. The Kier molecular flexibility index (Phi) is 7.20. The van der Waals surface area contributed by atoms with Crippen LogP contribution in [-0.2, 0) is 4.74 Å². The molecule has 1 aliphatic heterocycles. The van der Waals surface area contributed by atoms with Gasteiger partial charge in [0.25, 0.3) is 0 Å². The summed E-state index contributed by atoms with van der Waals surface area (Å²) in [7, 11) is 0. The highest BCUT2D eigenvalue weighted by Crippen LogP contribution is 2.20. The molecule has 3 heteroatoms. The molecule has 1 aliphatic rings. The van der Waals surface area contributed by atoms with Crippen LogP contribution in [-0.4, -0.2) is 48.5 Å². The smallest absolute Gasteiger partial charge is 0.0718 e. The topological polar surface area (TPSA) is 32.7 Å². The number of hydrogen-bond donors (Lipinski definition) is 1. The van der Waals surface area contributed by atoms with Gasteiger partial charge in [-0.05, 0) is 52.1 Å². The summed E-state index contributed by atoms with van der Waals surface area (Å²) in [5, 5.41) is 9.82. The van der Waals surface area contributed by atoms with Crippen molar-refractivity contribution in [2.24, 2.45) is 5.92 Å². The number of rotatable bonds is 8. The van der Waals surface area contributed by atoms with Crippen LogP contribution in [0.25, 0.3) is 0 Å². The Morgan fingerprint density at radius 2 is 1.89 bits per heavy atom. The van der Waals surface area contributed by atoms with E-state index >= 15 is 0 Å². The number of unbranched alkanes of at least 4 members (excludes halogenated alkanes) is 1. The van der Waals surface area contributed by atoms with Crippen molar-refractivity contribution >= 4 is 0 Å². The summed E-state index contributed by atoms with van der Waals surface area (Å²) in [5.41, 5.74) is -0.573. The van der Waals surface area contributed by atoms with Crippen LogP contribution in [0.5, 0.6) is 0 Å². The predicted molar refractivity (Wildman–Crippen MR) is 75.8 cm³/mol. The fourth-order valence-electron chi connectivity index (χ4n) is 2.70. The minimum absolute atomic E-state index is 0.573. The third-order valence-electron chi connectivity index (χ3n) is 3.74. The Morgan fingerprint density at radius 3 is 2.44 bits per heavy atom. The zero-order chi connectivity index (χ0) is 13.4. The molecule has 1 rings (SSSR count). The molecule has 0 amide bonds. The van der Waals surface area contributed by atoms with Crippen LogP contribution in [0.4, 0.5) is 0 Å². The molecule has 0 unspecified atom stereocenters. The lowest BCUT2D eigenvalue weighted by Gasteiger charge is -2.28. The quantitative estimate of drug-likeness (QED) is 0.679. The van der Waals surface area contributed by atoms with E-state index in [0.29, 0.717) is 0 Å². The van der Waals surface area contributed by atoms with E-state index in [4.69, 9.17) is 4.74 Å². The average Bonchev–Trinajstić information content (AvgIpc) is 2.33. The monoisotopic (exact) mass is 257 g/mol. The van der Waals surface area contributed by atoms with Crippen molar-refractivity contribution in [3.8, 4) is 0 Å². The molecule has 0 aliphatic carbocycles. The van der Waals surface area contributed by atoms with Gasteiger partial charge in [-0.25, -0.2) is 0 Å². The highest BCUT2D eigenvalue weighted by Gasteiger charge is 2.17. The predicted octanol–water partition coefficient (Wildman–Crippen LogP) is 2.68. The lowest BCUT2D eigenvalue weighted by Crippen LogP contribution is -2.39. The van der Waals surface area contributed by atoms with Gasteiger partial charge in [-0.3, -0.25) is 0 Å². The highest BCUT2D eigenvalue weighted by molar-refractivity contribution is 4.71. The van der Waals surface area contributed by atoms with Gasteiger partial charge in [0, 0.05) is 19.8 Å². The Hall–Kier alpha value is -0.120. The van der Waals surface area contributed by atoms with Crippen molar-refractivity contribution < 1.29 is 9.84 Å². The average molecular weight is 257 g/mol. The fraction of sp³-hybridized carbons (Fsp3) is 1.00. The van der Waals surface area contributed by atoms with Crippen molar-refractivity contribution in [3.05, 3.63) is 0 Å². The van der Waals surface area contributed by atoms with Gasteiger partial charge in [-0.1, -0.05) is 19.8 Å². The first-order chi connectivity index (χ1) is 8.51. The van der Waals surface area contributed by atoms with E-state index in [1.165, 1.54) is 32.1 Å². The SMILES string of the molecule is CCN(CCCCC1CCOCC1)CC(C)(C)O. The molecule has 0 radical (unpaired) electrons. The fourth-order valence-corrected chi connectivity index (χ4v) is 2.70. The standard InChI is InChI=1S/C15H31NO2/c1-4-16(13-15(2,3)17)10-6-5-7-14-8-11-18-12-9-14/h14,17H,4-13H2,1-3H3. The van der Waals surface area contributed by atoms with Crippen LogP contribution in [0.3, 0.4) is 0 Å². The summed E-state index contributed by atoms with van der Waals surface area (Å²) in [6.45, 7) is 10.8. The second-order valence-electron chi connectivity index (χ2n) is 6.23. The third-order valence-corrected chi connectivity index (χ3v) is 3.74. The van der Waals surface area contributed by atoms with Crippen LogP contribution in [0.1, 0.15) is 52.9 Å². The normalized spacial score (nSPS) is 18.5. The molecule has 0 bridgehead atoms. The molecule has 108 valence electrons. The Morgan fingerprint density at radius 1 is 1.22 bits per heavy atom. The van der Waals surface area contributed by atoms with Gasteiger partial charge in [-0.2, -0.15) is 0 Å². The highest BCUT2D eigenvalue weighted by atomic mass is 16.5. The maximum Gasteiger partial charge on any atom is 0.0718 e. The molecule has 0 spiro atoms. The van der Waals surface area contributed by atoms with E-state index < -0.39 is 5.60 Å². The van der Waals surface area contributed by atoms with E-state index in [2.05, 4.69) is 11.8 Å². The molecule has 0 aromatic rings. The van der Waals surface area contributed by atoms with Gasteiger partial charge in [-0.15, -0.1) is 0 Å². The number of hydrogen-bond acceptors (Lipinski definition) is 3. The van der Waals surface area contributed by atoms with Gasteiger partial charge >= 0.3 is 0 Å². The molecule has 0 atom stereocenters. The van der Waals surface area contributed by atoms with E-state index in [1.54, 1.807) is 0 Å². The van der Waals surface area contributed by atoms with Crippen molar-refractivity contribution in [2.75, 3.05) is 32.8 Å². The van der Waals surface area contributed by atoms with E-state index in [9.17, 15) is 5.11 Å². The van der Waals surface area contributed by atoms with Crippen molar-refractivity contribution in [1.82, 2.24) is 4.90 Å². The third kappa shape index (κ3) is 7.34. The first-order valence-electron chi connectivity index (χ1n) is 7.54. The molecule has 0 aromatic heterocycles. The maximum atomic E-state index is 9.82. The van der Waals surface area contributed by atoms with Crippen molar-refractivity contribution in [3.63, 3.8) is 0 Å². The summed E-state index contributed by atoms with van der Waals surface area (Å²) in [6.07, 6.45) is 6.42. The molecule has 1 heterocycles. The van der Waals surface area contributed by atoms with Gasteiger partial charge in [0.1, 0.15) is 0 Å². The van der Waals surface area contributed by atoms with Crippen LogP contribution >= 0.6 is 0 Å². The lowest BCUT2D eigenvalue weighted by atomic mass is 9.94. The van der Waals surface area contributed by atoms with E-state index in [-0.39, 0.29) is 0 Å². The molecule has 0 saturated carbocycles. The van der Waals surface area contributed by atoms with Crippen molar-refractivity contribution in [1.29, 1.82) is 0 Å². The van der Waals surface area contributed by atoms with Gasteiger partial charge in [0.05, 0.1) is 5.60 Å². The summed E-state index contributed by atoms with van der Waals surface area (Å²) in [4.78, 5) is 2.35. The Balaban J connectivity index is 2.07. The maximum absolute atomic E-state index is 9.82.